The fourth-order valence-corrected chi connectivity index (χ4v) is 10.2. The van der Waals surface area contributed by atoms with Crippen LogP contribution in [0, 0.1) is 17.9 Å². The van der Waals surface area contributed by atoms with Gasteiger partial charge >= 0.3 is 0 Å². The minimum atomic E-state index is -1.71. The number of benzene rings is 3. The molecule has 1 aromatic heterocycles. The molecule has 0 atom stereocenters. The molecule has 2 aliphatic rings. The van der Waals surface area contributed by atoms with E-state index in [4.69, 9.17) is 4.98 Å². The van der Waals surface area contributed by atoms with Crippen LogP contribution in [0.4, 0.5) is 0 Å². The molecule has 233 valence electrons. The fourth-order valence-electron chi connectivity index (χ4n) is 7.18. The van der Waals surface area contributed by atoms with E-state index in [1.165, 1.54) is 44.5 Å². The third-order valence-electron chi connectivity index (χ3n) is 10.0. The number of carbonyl (C=O) groups is 1. The molecule has 3 nitrogen and oxygen atoms in total. The number of ketones is 1. The smallest absolute Gasteiger partial charge is 0.162 e. The standard InChI is InChI=1S/C26H22NSi.C13H24O2.Ir/c1-26(2)18-11-8-14-22-24(18)23-17(10-7-13-21(23)28(22,3)4)25-19(26)15-16-9-5-6-12-20(16)27-25;1-5-10(6-2)12(14)9-13(15)11(7-3)8-4;/h5-9,11-15H,1-4H3;9-11,14H,5-8H2,1-4H3;/q-1;;/b;12-9-;. The zero-order valence-electron chi connectivity index (χ0n) is 27.5. The molecular formula is C39H46IrNO2Si-. The Morgan fingerprint density at radius 3 is 2.18 bits per heavy atom. The van der Waals surface area contributed by atoms with Crippen molar-refractivity contribution in [1.82, 2.24) is 4.98 Å². The van der Waals surface area contributed by atoms with Crippen molar-refractivity contribution in [3.8, 4) is 22.4 Å². The summed E-state index contributed by atoms with van der Waals surface area (Å²) in [6, 6.07) is 25.8. The van der Waals surface area contributed by atoms with Crippen LogP contribution in [0.5, 0.6) is 0 Å². The van der Waals surface area contributed by atoms with Crippen molar-refractivity contribution < 1.29 is 30.0 Å². The molecule has 2 heterocycles. The average molecular weight is 781 g/mol. The number of allylic oxidation sites excluding steroid dienone is 2. The van der Waals surface area contributed by atoms with Crippen molar-refractivity contribution in [2.24, 2.45) is 11.8 Å². The van der Waals surface area contributed by atoms with E-state index in [2.05, 4.69) is 93.7 Å². The van der Waals surface area contributed by atoms with Crippen LogP contribution in [-0.2, 0) is 30.3 Å². The maximum Gasteiger partial charge on any atom is 0.162 e. The minimum absolute atomic E-state index is 0. The quantitative estimate of drug-likeness (QED) is 0.0882. The van der Waals surface area contributed by atoms with E-state index < -0.39 is 8.07 Å². The molecular weight excluding hydrogens is 735 g/mol. The van der Waals surface area contributed by atoms with Gasteiger partial charge in [0.2, 0.25) is 0 Å². The summed E-state index contributed by atoms with van der Waals surface area (Å²) in [5.41, 5.74) is 8.84. The number of hydrogen-bond donors (Lipinski definition) is 1. The normalized spacial score (nSPS) is 15.2. The van der Waals surface area contributed by atoms with Gasteiger partial charge in [-0.25, -0.2) is 0 Å². The summed E-state index contributed by atoms with van der Waals surface area (Å²) in [5, 5.41) is 14.1. The molecule has 0 saturated heterocycles. The van der Waals surface area contributed by atoms with Crippen LogP contribution < -0.4 is 10.4 Å². The number of hydrogen-bond acceptors (Lipinski definition) is 3. The number of para-hydroxylation sites is 1. The molecule has 5 heteroatoms. The molecule has 1 aliphatic heterocycles. The van der Waals surface area contributed by atoms with Gasteiger partial charge in [-0.1, -0.05) is 119 Å². The summed E-state index contributed by atoms with van der Waals surface area (Å²) >= 11 is 0. The van der Waals surface area contributed by atoms with Crippen LogP contribution in [0.1, 0.15) is 78.4 Å². The summed E-state index contributed by atoms with van der Waals surface area (Å²) in [7, 11) is -1.71. The Balaban J connectivity index is 0.000000239. The number of nitrogens with zero attached hydrogens (tertiary/aromatic N) is 1. The van der Waals surface area contributed by atoms with Crippen molar-refractivity contribution in [2.75, 3.05) is 0 Å². The first-order valence-corrected chi connectivity index (χ1v) is 19.1. The molecule has 1 aliphatic carbocycles. The summed E-state index contributed by atoms with van der Waals surface area (Å²) in [6.07, 6.45) is 4.91. The molecule has 44 heavy (non-hydrogen) atoms. The minimum Gasteiger partial charge on any atom is -0.512 e. The molecule has 0 unspecified atom stereocenters. The monoisotopic (exact) mass is 781 g/mol. The first-order chi connectivity index (χ1) is 20.5. The number of fused-ring (bicyclic) bond motifs is 3. The van der Waals surface area contributed by atoms with E-state index >= 15 is 0 Å². The van der Waals surface area contributed by atoms with E-state index in [0.717, 1.165) is 36.9 Å². The number of pyridine rings is 1. The molecule has 0 spiro atoms. The van der Waals surface area contributed by atoms with Crippen molar-refractivity contribution in [3.05, 3.63) is 89.7 Å². The first-order valence-electron chi connectivity index (χ1n) is 16.1. The Morgan fingerprint density at radius 2 is 1.52 bits per heavy atom. The molecule has 0 fully saturated rings. The number of carbonyl (C=O) groups excluding carboxylic acids is 1. The third kappa shape index (κ3) is 5.68. The van der Waals surface area contributed by atoms with Gasteiger partial charge in [0.25, 0.3) is 0 Å². The van der Waals surface area contributed by atoms with Crippen LogP contribution >= 0.6 is 0 Å². The van der Waals surface area contributed by atoms with Gasteiger partial charge in [-0.2, -0.15) is 0 Å². The Morgan fingerprint density at radius 1 is 0.886 bits per heavy atom. The maximum atomic E-state index is 11.7. The van der Waals surface area contributed by atoms with Crippen LogP contribution in [-0.4, -0.2) is 23.9 Å². The summed E-state index contributed by atoms with van der Waals surface area (Å²) in [4.78, 5) is 16.9. The molecule has 1 N–H and O–H groups in total. The van der Waals surface area contributed by atoms with Gasteiger partial charge in [0.1, 0.15) is 0 Å². The number of aliphatic hydroxyl groups is 1. The van der Waals surface area contributed by atoms with Crippen LogP contribution in [0.15, 0.2) is 72.5 Å². The van der Waals surface area contributed by atoms with Crippen molar-refractivity contribution in [2.45, 2.75) is 85.7 Å². The summed E-state index contributed by atoms with van der Waals surface area (Å²) < 4.78 is 0. The van der Waals surface area contributed by atoms with Crippen molar-refractivity contribution in [1.29, 1.82) is 0 Å². The van der Waals surface area contributed by atoms with Crippen LogP contribution in [0.25, 0.3) is 33.3 Å². The Bertz CT molecular complexity index is 1710. The second kappa shape index (κ2) is 13.2. The molecule has 1 radical (unpaired) electrons. The van der Waals surface area contributed by atoms with Gasteiger partial charge in [0.05, 0.1) is 19.3 Å². The summed E-state index contributed by atoms with van der Waals surface area (Å²) in [5.74, 6) is 0.547. The Kier molecular flexibility index (Phi) is 10.2. The first kappa shape index (κ1) is 34.0. The van der Waals surface area contributed by atoms with Gasteiger partial charge < -0.3 is 5.11 Å². The van der Waals surface area contributed by atoms with Crippen LogP contribution in [0.2, 0.25) is 13.1 Å². The number of aliphatic hydroxyl groups excluding tert-OH is 1. The van der Waals surface area contributed by atoms with Gasteiger partial charge in [0, 0.05) is 43.4 Å². The van der Waals surface area contributed by atoms with Gasteiger partial charge in [-0.15, -0.1) is 28.9 Å². The van der Waals surface area contributed by atoms with Gasteiger partial charge in [0.15, 0.2) is 5.78 Å². The van der Waals surface area contributed by atoms with E-state index in [0.29, 0.717) is 0 Å². The molecule has 0 saturated carbocycles. The third-order valence-corrected chi connectivity index (χ3v) is 13.6. The molecule has 0 amide bonds. The molecule has 6 rings (SSSR count). The van der Waals surface area contributed by atoms with Gasteiger partial charge in [-0.3, -0.25) is 9.78 Å². The largest absolute Gasteiger partial charge is 0.512 e. The molecule has 0 bridgehead atoms. The zero-order chi connectivity index (χ0) is 31.1. The zero-order valence-corrected chi connectivity index (χ0v) is 30.9. The van der Waals surface area contributed by atoms with Crippen LogP contribution in [0.3, 0.4) is 0 Å². The SMILES string of the molecule is CC1(C)c2cc3ccccc3nc2-c2[c-]ccc3c2-c2c1cccc2[Si]3(C)C.CCC(CC)C(=O)/C=C(\O)C(CC)CC.[Ir]. The predicted octanol–water partition coefficient (Wildman–Crippen LogP) is 9.01. The number of aromatic nitrogens is 1. The molecule has 3 aromatic carbocycles. The fraction of sp³-hybridized carbons (Fsp3) is 0.385. The number of rotatable bonds is 7. The average Bonchev–Trinajstić information content (AvgIpc) is 3.20. The Hall–Kier alpha value is -2.85. The second-order valence-electron chi connectivity index (χ2n) is 13.2. The topological polar surface area (TPSA) is 50.2 Å². The predicted molar refractivity (Wildman–Crippen MR) is 184 cm³/mol. The van der Waals surface area contributed by atoms with E-state index in [1.807, 2.05) is 27.7 Å². The van der Waals surface area contributed by atoms with Crippen molar-refractivity contribution in [3.63, 3.8) is 0 Å². The summed E-state index contributed by atoms with van der Waals surface area (Å²) in [6.45, 7) is 17.7. The Labute approximate surface area is 278 Å². The molecule has 4 aromatic rings. The maximum absolute atomic E-state index is 11.7. The van der Waals surface area contributed by atoms with E-state index in [-0.39, 0.29) is 48.9 Å². The van der Waals surface area contributed by atoms with E-state index in [1.54, 1.807) is 5.19 Å². The van der Waals surface area contributed by atoms with Crippen molar-refractivity contribution >= 4 is 35.1 Å². The second-order valence-corrected chi connectivity index (χ2v) is 17.5. The van der Waals surface area contributed by atoms with E-state index in [9.17, 15) is 9.90 Å². The van der Waals surface area contributed by atoms with Gasteiger partial charge in [-0.05, 0) is 48.4 Å².